The van der Waals surface area contributed by atoms with E-state index < -0.39 is 10.4 Å². The van der Waals surface area contributed by atoms with Gasteiger partial charge in [0.25, 0.3) is 0 Å². The Labute approximate surface area is 152 Å². The van der Waals surface area contributed by atoms with E-state index in [1.54, 1.807) is 6.07 Å². The van der Waals surface area contributed by atoms with E-state index in [0.717, 1.165) is 12.8 Å². The van der Waals surface area contributed by atoms with Gasteiger partial charge in [0.05, 0.1) is 12.7 Å². The maximum Gasteiger partial charge on any atom is 1.00 e. The molecule has 0 fully saturated rings. The van der Waals surface area contributed by atoms with Crippen LogP contribution in [-0.2, 0) is 14.6 Å². The molecule has 0 N–H and O–H groups in total. The molecule has 0 saturated carbocycles. The Bertz CT molecular complexity index is 328. The Morgan fingerprint density at radius 1 is 0.952 bits per heavy atom. The summed E-state index contributed by atoms with van der Waals surface area (Å²) < 4.78 is 34.5. The van der Waals surface area contributed by atoms with E-state index in [1.165, 1.54) is 51.9 Å². The van der Waals surface area contributed by atoms with E-state index in [9.17, 15) is 13.0 Å². The van der Waals surface area contributed by atoms with Crippen molar-refractivity contribution < 1.29 is 46.7 Å². The number of hydrogen-bond donors (Lipinski definition) is 0. The smallest absolute Gasteiger partial charge is 0.726 e. The number of nitriles is 1. The molecule has 0 spiro atoms. The van der Waals surface area contributed by atoms with E-state index in [-0.39, 0.29) is 36.2 Å². The van der Waals surface area contributed by atoms with Crippen LogP contribution in [0.5, 0.6) is 0 Å². The van der Waals surface area contributed by atoms with Crippen molar-refractivity contribution in [2.24, 2.45) is 0 Å². The summed E-state index contributed by atoms with van der Waals surface area (Å²) in [5.41, 5.74) is 0. The molecule has 0 unspecified atom stereocenters. The summed E-state index contributed by atoms with van der Waals surface area (Å²) in [6, 6.07) is 1.75. The van der Waals surface area contributed by atoms with Crippen molar-refractivity contribution in [2.45, 2.75) is 78.1 Å². The van der Waals surface area contributed by atoms with Gasteiger partial charge in [-0.3, -0.25) is 4.18 Å². The first kappa shape index (κ1) is 26.3. The van der Waals surface area contributed by atoms with Gasteiger partial charge < -0.3 is 4.55 Å². The average Bonchev–Trinajstić information content (AvgIpc) is 2.35. The Morgan fingerprint density at radius 2 is 1.29 bits per heavy atom. The zero-order valence-electron chi connectivity index (χ0n) is 13.8. The van der Waals surface area contributed by atoms with Crippen molar-refractivity contribution >= 4 is 10.4 Å². The van der Waals surface area contributed by atoms with Crippen LogP contribution in [0.4, 0.5) is 0 Å². The fraction of sp³-hybridized carbons (Fsp3) is 0.929. The minimum absolute atomic E-state index is 0. The summed E-state index contributed by atoms with van der Waals surface area (Å²) in [4.78, 5) is 0. The summed E-state index contributed by atoms with van der Waals surface area (Å²) in [5, 5.41) is 7.32. The molecule has 7 heteroatoms. The molecule has 120 valence electrons. The van der Waals surface area contributed by atoms with Gasteiger partial charge in [-0.25, -0.2) is 8.42 Å². The standard InChI is InChI=1S/C12H26O4S.C2H3N.Na/c1-2-3-4-5-6-7-8-9-10-11-12-16-17(13,14)15;1-2-3;/h2-12H2,1H3,(H,13,14,15);1H3;/q;;+1/p-1. The van der Waals surface area contributed by atoms with Crippen LogP contribution in [0.25, 0.3) is 0 Å². The van der Waals surface area contributed by atoms with Crippen molar-refractivity contribution in [2.75, 3.05) is 6.61 Å². The first-order valence-corrected chi connectivity index (χ1v) is 8.72. The van der Waals surface area contributed by atoms with Gasteiger partial charge in [0.2, 0.25) is 10.4 Å². The summed E-state index contributed by atoms with van der Waals surface area (Å²) in [7, 11) is -4.48. The molecule has 21 heavy (non-hydrogen) atoms. The third-order valence-corrected chi connectivity index (χ3v) is 3.18. The molecule has 0 aromatic rings. The van der Waals surface area contributed by atoms with Crippen LogP contribution in [-0.4, -0.2) is 19.6 Å². The van der Waals surface area contributed by atoms with Crippen molar-refractivity contribution in [3.05, 3.63) is 0 Å². The first-order chi connectivity index (χ1) is 9.47. The zero-order valence-corrected chi connectivity index (χ0v) is 16.6. The number of hydrogen-bond acceptors (Lipinski definition) is 5. The molecule has 0 saturated heterocycles. The number of nitrogens with zero attached hydrogens (tertiary/aromatic N) is 1. The molecule has 0 aromatic heterocycles. The zero-order chi connectivity index (χ0) is 15.7. The second kappa shape index (κ2) is 20.4. The van der Waals surface area contributed by atoms with Crippen LogP contribution in [0.2, 0.25) is 0 Å². The molecule has 0 bridgehead atoms. The van der Waals surface area contributed by atoms with Gasteiger partial charge in [0, 0.05) is 6.92 Å². The maximum atomic E-state index is 10.1. The monoisotopic (exact) mass is 329 g/mol. The van der Waals surface area contributed by atoms with Crippen LogP contribution in [0.1, 0.15) is 78.1 Å². The summed E-state index contributed by atoms with van der Waals surface area (Å²) in [6.45, 7) is 3.67. The van der Waals surface area contributed by atoms with Gasteiger partial charge in [-0.1, -0.05) is 64.7 Å². The van der Waals surface area contributed by atoms with E-state index in [2.05, 4.69) is 11.1 Å². The van der Waals surface area contributed by atoms with Crippen molar-refractivity contribution in [3.8, 4) is 6.07 Å². The topological polar surface area (TPSA) is 90.2 Å². The van der Waals surface area contributed by atoms with Crippen molar-refractivity contribution in [1.29, 1.82) is 5.26 Å². The first-order valence-electron chi connectivity index (χ1n) is 7.39. The number of unbranched alkanes of at least 4 members (excludes halogenated alkanes) is 9. The molecular weight excluding hydrogens is 301 g/mol. The molecule has 0 aliphatic heterocycles. The average molecular weight is 329 g/mol. The van der Waals surface area contributed by atoms with Gasteiger partial charge in [-0.05, 0) is 6.42 Å². The third kappa shape index (κ3) is 33.3. The second-order valence-electron chi connectivity index (χ2n) is 4.64. The summed E-state index contributed by atoms with van der Waals surface area (Å²) in [6.07, 6.45) is 11.7. The van der Waals surface area contributed by atoms with Crippen LogP contribution in [0.3, 0.4) is 0 Å². The van der Waals surface area contributed by atoms with Gasteiger partial charge in [0.15, 0.2) is 0 Å². The minimum atomic E-state index is -4.48. The maximum absolute atomic E-state index is 10.1. The Kier molecular flexibility index (Phi) is 25.5. The number of rotatable bonds is 12. The van der Waals surface area contributed by atoms with Crippen molar-refractivity contribution in [1.82, 2.24) is 0 Å². The van der Waals surface area contributed by atoms with Gasteiger partial charge in [-0.15, -0.1) is 0 Å². The normalized spacial score (nSPS) is 10.0. The molecule has 0 atom stereocenters. The van der Waals surface area contributed by atoms with Crippen LogP contribution in [0, 0.1) is 11.3 Å². The largest absolute Gasteiger partial charge is 1.00 e. The van der Waals surface area contributed by atoms with Gasteiger partial charge in [0.1, 0.15) is 0 Å². The molecular formula is C14H28NNaO4S. The molecule has 0 rings (SSSR count). The quantitative estimate of drug-likeness (QED) is 0.230. The fourth-order valence-corrected chi connectivity index (χ4v) is 2.07. The van der Waals surface area contributed by atoms with Crippen molar-refractivity contribution in [3.63, 3.8) is 0 Å². The SMILES string of the molecule is CC#N.CCCCCCCCCCCCOS(=O)(=O)[O-].[Na+]. The molecule has 0 aromatic carbocycles. The van der Waals surface area contributed by atoms with Gasteiger partial charge >= 0.3 is 29.6 Å². The third-order valence-electron chi connectivity index (χ3n) is 2.73. The van der Waals surface area contributed by atoms with Crippen LogP contribution in [0.15, 0.2) is 0 Å². The molecule has 0 heterocycles. The summed E-state index contributed by atoms with van der Waals surface area (Å²) >= 11 is 0. The van der Waals surface area contributed by atoms with E-state index in [1.807, 2.05) is 0 Å². The second-order valence-corrected chi connectivity index (χ2v) is 5.69. The fourth-order valence-electron chi connectivity index (χ4n) is 1.75. The Balaban J connectivity index is -0.000000740. The van der Waals surface area contributed by atoms with E-state index >= 15 is 0 Å². The van der Waals surface area contributed by atoms with E-state index in [4.69, 9.17) is 5.26 Å². The molecule has 0 aliphatic carbocycles. The molecule has 5 nitrogen and oxygen atoms in total. The van der Waals surface area contributed by atoms with Gasteiger partial charge in [-0.2, -0.15) is 5.26 Å². The molecule has 0 aliphatic rings. The predicted octanol–water partition coefficient (Wildman–Crippen LogP) is 0.918. The molecule has 0 amide bonds. The minimum Gasteiger partial charge on any atom is -0.726 e. The Hall–Kier alpha value is 0.360. The molecule has 0 radical (unpaired) electrons. The van der Waals surface area contributed by atoms with E-state index in [0.29, 0.717) is 6.42 Å². The summed E-state index contributed by atoms with van der Waals surface area (Å²) in [5.74, 6) is 0. The van der Waals surface area contributed by atoms with Crippen LogP contribution >= 0.6 is 0 Å². The Morgan fingerprint density at radius 3 is 1.62 bits per heavy atom. The van der Waals surface area contributed by atoms with Crippen LogP contribution < -0.4 is 29.6 Å². The predicted molar refractivity (Wildman–Crippen MR) is 78.8 cm³/mol.